The Morgan fingerprint density at radius 1 is 1.70 bits per heavy atom. The van der Waals surface area contributed by atoms with Crippen LogP contribution in [0.25, 0.3) is 0 Å². The number of rotatable bonds is 2. The summed E-state index contributed by atoms with van der Waals surface area (Å²) in [4.78, 5) is 0. The maximum absolute atomic E-state index is 12.6. The van der Waals surface area contributed by atoms with E-state index in [2.05, 4.69) is 4.42 Å². The summed E-state index contributed by atoms with van der Waals surface area (Å²) in [5, 5.41) is 0. The summed E-state index contributed by atoms with van der Waals surface area (Å²) >= 11 is 0. The van der Waals surface area contributed by atoms with Gasteiger partial charge in [0, 0.05) is 11.6 Å². The van der Waals surface area contributed by atoms with Gasteiger partial charge in [0.05, 0.1) is 6.26 Å². The molecule has 0 amide bonds. The minimum Gasteiger partial charge on any atom is -0.469 e. The van der Waals surface area contributed by atoms with Gasteiger partial charge in [-0.3, -0.25) is 0 Å². The average Bonchev–Trinajstić information content (AvgIpc) is 2.34. The Morgan fingerprint density at radius 3 is 2.80 bits per heavy atom. The molecule has 0 spiro atoms. The van der Waals surface area contributed by atoms with E-state index in [0.717, 1.165) is 12.7 Å². The molecule has 56 valence electrons. The molecule has 0 aliphatic carbocycles. The largest absolute Gasteiger partial charge is 0.469 e. The van der Waals surface area contributed by atoms with Crippen LogP contribution in [0.15, 0.2) is 16.9 Å². The van der Waals surface area contributed by atoms with Crippen LogP contribution >= 0.6 is 0 Å². The predicted octanol–water partition coefficient (Wildman–Crippen LogP) is 1.83. The Morgan fingerprint density at radius 2 is 2.40 bits per heavy atom. The fraction of sp³-hybridized carbons (Fsp3) is 0.429. The van der Waals surface area contributed by atoms with E-state index in [4.69, 9.17) is 5.73 Å². The molecule has 1 aromatic rings. The van der Waals surface area contributed by atoms with Gasteiger partial charge in [0.15, 0.2) is 5.82 Å². The second kappa shape index (κ2) is 2.84. The molecule has 3 heteroatoms. The smallest absolute Gasteiger partial charge is 0.166 e. The predicted molar refractivity (Wildman–Crippen MR) is 35.9 cm³/mol. The highest BCUT2D eigenvalue weighted by atomic mass is 19.1. The molecular weight excluding hydrogens is 133 g/mol. The Hall–Kier alpha value is -0.830. The van der Waals surface area contributed by atoms with Gasteiger partial charge >= 0.3 is 0 Å². The lowest BCUT2D eigenvalue weighted by Crippen LogP contribution is -2.08. The van der Waals surface area contributed by atoms with Crippen LogP contribution < -0.4 is 5.73 Å². The Bertz CT molecular complexity index is 209. The number of hydrogen-bond acceptors (Lipinski definition) is 2. The number of hydrogen-bond donors (Lipinski definition) is 1. The fourth-order valence-corrected chi connectivity index (χ4v) is 0.776. The van der Waals surface area contributed by atoms with Crippen molar-refractivity contribution in [2.24, 2.45) is 5.73 Å². The molecule has 1 heterocycles. The summed E-state index contributed by atoms with van der Waals surface area (Å²) in [7, 11) is 0. The monoisotopic (exact) mass is 143 g/mol. The molecule has 2 N–H and O–H groups in total. The van der Waals surface area contributed by atoms with Crippen LogP contribution in [0.3, 0.4) is 0 Å². The topological polar surface area (TPSA) is 39.2 Å². The van der Waals surface area contributed by atoms with E-state index in [1.165, 1.54) is 6.26 Å². The van der Waals surface area contributed by atoms with Crippen LogP contribution in [0.5, 0.6) is 0 Å². The molecule has 0 bridgehead atoms. The normalized spacial score (nSPS) is 13.5. The highest BCUT2D eigenvalue weighted by molar-refractivity contribution is 5.12. The van der Waals surface area contributed by atoms with Crippen molar-refractivity contribution >= 4 is 0 Å². The van der Waals surface area contributed by atoms with Crippen LogP contribution in [0.2, 0.25) is 0 Å². The molecule has 0 fully saturated rings. The van der Waals surface area contributed by atoms with Gasteiger partial charge in [-0.05, 0) is 6.42 Å². The first-order chi connectivity index (χ1) is 4.75. The molecule has 0 radical (unpaired) electrons. The van der Waals surface area contributed by atoms with E-state index in [0.29, 0.717) is 5.56 Å². The zero-order chi connectivity index (χ0) is 7.56. The Balaban J connectivity index is 2.82. The summed E-state index contributed by atoms with van der Waals surface area (Å²) in [6, 6.07) is -0.237. The summed E-state index contributed by atoms with van der Waals surface area (Å²) in [5.41, 5.74) is 6.00. The quantitative estimate of drug-likeness (QED) is 0.685. The van der Waals surface area contributed by atoms with Gasteiger partial charge in [0.2, 0.25) is 0 Å². The van der Waals surface area contributed by atoms with E-state index in [1.54, 1.807) is 0 Å². The minimum absolute atomic E-state index is 0.237. The highest BCUT2D eigenvalue weighted by Crippen LogP contribution is 2.17. The van der Waals surface area contributed by atoms with Gasteiger partial charge in [0.1, 0.15) is 6.26 Å². The van der Waals surface area contributed by atoms with E-state index in [9.17, 15) is 4.39 Å². The van der Waals surface area contributed by atoms with Gasteiger partial charge in [-0.2, -0.15) is 0 Å². The Kier molecular flexibility index (Phi) is 2.06. The number of furan rings is 1. The third kappa shape index (κ3) is 1.19. The average molecular weight is 143 g/mol. The first-order valence-corrected chi connectivity index (χ1v) is 3.23. The zero-order valence-electron chi connectivity index (χ0n) is 5.80. The zero-order valence-corrected chi connectivity index (χ0v) is 5.80. The van der Waals surface area contributed by atoms with Crippen molar-refractivity contribution in [2.45, 2.75) is 19.4 Å². The van der Waals surface area contributed by atoms with Gasteiger partial charge < -0.3 is 10.2 Å². The van der Waals surface area contributed by atoms with Crippen molar-refractivity contribution < 1.29 is 8.81 Å². The maximum Gasteiger partial charge on any atom is 0.166 e. The molecule has 1 rings (SSSR count). The van der Waals surface area contributed by atoms with Crippen LogP contribution in [-0.2, 0) is 0 Å². The van der Waals surface area contributed by atoms with Crippen LogP contribution in [0.1, 0.15) is 24.9 Å². The molecule has 10 heavy (non-hydrogen) atoms. The first-order valence-electron chi connectivity index (χ1n) is 3.23. The summed E-state index contributed by atoms with van der Waals surface area (Å²) in [5.74, 6) is -0.352. The van der Waals surface area contributed by atoms with E-state index in [1.807, 2.05) is 6.92 Å². The molecule has 2 nitrogen and oxygen atoms in total. The van der Waals surface area contributed by atoms with Crippen molar-refractivity contribution in [1.29, 1.82) is 0 Å². The third-order valence-electron chi connectivity index (χ3n) is 1.48. The molecule has 0 saturated carbocycles. The summed E-state index contributed by atoms with van der Waals surface area (Å²) in [6.07, 6.45) is 3.13. The Labute approximate surface area is 58.8 Å². The van der Waals surface area contributed by atoms with Crippen LogP contribution in [-0.4, -0.2) is 0 Å². The molecule has 0 aliphatic rings. The molecule has 0 saturated heterocycles. The number of nitrogens with two attached hydrogens (primary N) is 1. The molecule has 0 aromatic carbocycles. The van der Waals surface area contributed by atoms with Gasteiger partial charge in [0.25, 0.3) is 0 Å². The van der Waals surface area contributed by atoms with Gasteiger partial charge in [-0.15, -0.1) is 0 Å². The van der Waals surface area contributed by atoms with Crippen molar-refractivity contribution in [3.05, 3.63) is 23.9 Å². The van der Waals surface area contributed by atoms with Gasteiger partial charge in [-0.25, -0.2) is 4.39 Å². The SMILES string of the molecule is CCC(N)c1cocc1F. The lowest BCUT2D eigenvalue weighted by molar-refractivity contribution is 0.532. The van der Waals surface area contributed by atoms with Crippen molar-refractivity contribution in [1.82, 2.24) is 0 Å². The lowest BCUT2D eigenvalue weighted by atomic mass is 10.1. The fourth-order valence-electron chi connectivity index (χ4n) is 0.776. The standard InChI is InChI=1S/C7H10FNO/c1-2-7(9)5-3-10-4-6(5)8/h3-4,7H,2,9H2,1H3. The lowest BCUT2D eigenvalue weighted by Gasteiger charge is -2.03. The van der Waals surface area contributed by atoms with Crippen LogP contribution in [0, 0.1) is 5.82 Å². The van der Waals surface area contributed by atoms with Crippen molar-refractivity contribution in [2.75, 3.05) is 0 Å². The number of halogens is 1. The highest BCUT2D eigenvalue weighted by Gasteiger charge is 2.10. The third-order valence-corrected chi connectivity index (χ3v) is 1.48. The van der Waals surface area contributed by atoms with Crippen LogP contribution in [0.4, 0.5) is 4.39 Å². The molecule has 1 atom stereocenters. The summed E-state index contributed by atoms with van der Waals surface area (Å²) < 4.78 is 17.2. The molecule has 1 unspecified atom stereocenters. The summed E-state index contributed by atoms with van der Waals surface area (Å²) in [6.45, 7) is 1.90. The second-order valence-electron chi connectivity index (χ2n) is 2.19. The van der Waals surface area contributed by atoms with E-state index < -0.39 is 0 Å². The van der Waals surface area contributed by atoms with Crippen molar-refractivity contribution in [3.63, 3.8) is 0 Å². The molecular formula is C7H10FNO. The maximum atomic E-state index is 12.6. The minimum atomic E-state index is -0.352. The van der Waals surface area contributed by atoms with E-state index in [-0.39, 0.29) is 11.9 Å². The molecule has 1 aromatic heterocycles. The molecule has 0 aliphatic heterocycles. The van der Waals surface area contributed by atoms with Crippen molar-refractivity contribution in [3.8, 4) is 0 Å². The first kappa shape index (κ1) is 7.28. The van der Waals surface area contributed by atoms with Gasteiger partial charge in [-0.1, -0.05) is 6.92 Å². The second-order valence-corrected chi connectivity index (χ2v) is 2.19. The van der Waals surface area contributed by atoms with E-state index >= 15 is 0 Å².